The summed E-state index contributed by atoms with van der Waals surface area (Å²) in [4.78, 5) is 12.9. The van der Waals surface area contributed by atoms with Crippen LogP contribution < -0.4 is 11.1 Å². The van der Waals surface area contributed by atoms with E-state index in [2.05, 4.69) is 17.4 Å². The maximum atomic E-state index is 12.9. The third-order valence-electron chi connectivity index (χ3n) is 4.90. The third-order valence-corrected chi connectivity index (χ3v) is 4.90. The first kappa shape index (κ1) is 18.1. The molecule has 2 aromatic carbocycles. The number of hydrogen-bond donors (Lipinski definition) is 3. The van der Waals surface area contributed by atoms with Gasteiger partial charge in [0.25, 0.3) is 5.91 Å². The van der Waals surface area contributed by atoms with Gasteiger partial charge in [-0.3, -0.25) is 4.79 Å². The van der Waals surface area contributed by atoms with Crippen LogP contribution in [0.3, 0.4) is 0 Å². The van der Waals surface area contributed by atoms with E-state index in [1.54, 1.807) is 25.1 Å². The van der Waals surface area contributed by atoms with Crippen LogP contribution >= 0.6 is 0 Å². The van der Waals surface area contributed by atoms with Gasteiger partial charge in [0.15, 0.2) is 0 Å². The van der Waals surface area contributed by atoms with Crippen molar-refractivity contribution in [3.8, 4) is 0 Å². The molecule has 0 bridgehead atoms. The Kier molecular flexibility index (Phi) is 5.68. The number of nitrogens with one attached hydrogen (secondary N) is 2. The van der Waals surface area contributed by atoms with Crippen LogP contribution in [-0.4, -0.2) is 24.8 Å². The van der Waals surface area contributed by atoms with Gasteiger partial charge in [-0.25, -0.2) is 0 Å². The molecule has 1 aliphatic rings. The molecule has 0 radical (unpaired) electrons. The first-order valence-corrected chi connectivity index (χ1v) is 8.95. The van der Waals surface area contributed by atoms with Gasteiger partial charge in [-0.2, -0.15) is 0 Å². The Morgan fingerprint density at radius 3 is 2.54 bits per heavy atom. The van der Waals surface area contributed by atoms with E-state index in [1.807, 2.05) is 18.2 Å². The van der Waals surface area contributed by atoms with Crippen LogP contribution in [0.15, 0.2) is 48.5 Å². The van der Waals surface area contributed by atoms with E-state index in [4.69, 9.17) is 15.9 Å². The van der Waals surface area contributed by atoms with E-state index in [0.717, 1.165) is 31.6 Å². The molecule has 1 saturated heterocycles. The zero-order chi connectivity index (χ0) is 18.5. The lowest BCUT2D eigenvalue weighted by Crippen LogP contribution is -2.36. The highest BCUT2D eigenvalue weighted by Gasteiger charge is 2.27. The predicted molar refractivity (Wildman–Crippen MR) is 104 cm³/mol. The Balaban J connectivity index is 1.85. The number of rotatable bonds is 5. The Labute approximate surface area is 154 Å². The highest BCUT2D eigenvalue weighted by Crippen LogP contribution is 2.30. The highest BCUT2D eigenvalue weighted by molar-refractivity contribution is 6.04. The molecule has 1 amide bonds. The van der Waals surface area contributed by atoms with E-state index in [9.17, 15) is 4.79 Å². The van der Waals surface area contributed by atoms with Gasteiger partial charge in [-0.1, -0.05) is 30.3 Å². The average molecular weight is 351 g/mol. The van der Waals surface area contributed by atoms with E-state index in [0.29, 0.717) is 28.4 Å². The standard InChI is InChI=1S/C21H25N3O2/c1-14(22)18-13-17(7-8-19(18)23)21(25)24-20(15-5-3-2-4-6-15)16-9-11-26-12-10-16/h2-8,13,16,20,22H,9-12,23H2,1H3,(H,24,25). The maximum absolute atomic E-state index is 12.9. The van der Waals surface area contributed by atoms with Gasteiger partial charge in [0.2, 0.25) is 0 Å². The summed E-state index contributed by atoms with van der Waals surface area (Å²) in [5.74, 6) is 0.195. The van der Waals surface area contributed by atoms with E-state index >= 15 is 0 Å². The average Bonchev–Trinajstić information content (AvgIpc) is 2.67. The number of amides is 1. The summed E-state index contributed by atoms with van der Waals surface area (Å²) in [5, 5.41) is 11.0. The normalized spacial score (nSPS) is 16.0. The van der Waals surface area contributed by atoms with Crippen LogP contribution in [0.1, 0.15) is 47.3 Å². The Morgan fingerprint density at radius 2 is 1.88 bits per heavy atom. The number of nitrogen functional groups attached to an aromatic ring is 1. The van der Waals surface area contributed by atoms with Gasteiger partial charge in [-0.15, -0.1) is 0 Å². The number of carbonyl (C=O) groups is 1. The predicted octanol–water partition coefficient (Wildman–Crippen LogP) is 3.55. The zero-order valence-electron chi connectivity index (χ0n) is 15.0. The molecule has 0 aliphatic carbocycles. The number of hydrogen-bond acceptors (Lipinski definition) is 4. The van der Waals surface area contributed by atoms with Crippen molar-refractivity contribution in [1.29, 1.82) is 5.41 Å². The van der Waals surface area contributed by atoms with Gasteiger partial charge < -0.3 is 21.2 Å². The monoisotopic (exact) mass is 351 g/mol. The summed E-state index contributed by atoms with van der Waals surface area (Å²) < 4.78 is 5.48. The van der Waals surface area contributed by atoms with E-state index < -0.39 is 0 Å². The van der Waals surface area contributed by atoms with Gasteiger partial charge in [0.1, 0.15) is 0 Å². The molecule has 5 heteroatoms. The summed E-state index contributed by atoms with van der Waals surface area (Å²) in [6.07, 6.45) is 1.85. The highest BCUT2D eigenvalue weighted by atomic mass is 16.5. The minimum absolute atomic E-state index is 0.0605. The van der Waals surface area contributed by atoms with Crippen molar-refractivity contribution in [2.45, 2.75) is 25.8 Å². The fraction of sp³-hybridized carbons (Fsp3) is 0.333. The molecule has 5 nitrogen and oxygen atoms in total. The van der Waals surface area contributed by atoms with Crippen LogP contribution in [0, 0.1) is 11.3 Å². The summed E-state index contributed by atoms with van der Waals surface area (Å²) in [6.45, 7) is 3.12. The Hall–Kier alpha value is -2.66. The smallest absolute Gasteiger partial charge is 0.251 e. The van der Waals surface area contributed by atoms with Crippen molar-refractivity contribution < 1.29 is 9.53 Å². The van der Waals surface area contributed by atoms with Crippen molar-refractivity contribution in [1.82, 2.24) is 5.32 Å². The minimum atomic E-state index is -0.146. The summed E-state index contributed by atoms with van der Waals surface area (Å²) in [6, 6.07) is 15.1. The van der Waals surface area contributed by atoms with Crippen molar-refractivity contribution in [3.05, 3.63) is 65.2 Å². The molecule has 3 rings (SSSR count). The maximum Gasteiger partial charge on any atom is 0.251 e. The molecular formula is C21H25N3O2. The molecule has 0 aromatic heterocycles. The van der Waals surface area contributed by atoms with Crippen LogP contribution in [0.25, 0.3) is 0 Å². The zero-order valence-corrected chi connectivity index (χ0v) is 15.0. The number of ether oxygens (including phenoxy) is 1. The van der Waals surface area contributed by atoms with Crippen LogP contribution in [0.2, 0.25) is 0 Å². The molecule has 136 valence electrons. The first-order chi connectivity index (χ1) is 12.6. The van der Waals surface area contributed by atoms with Crippen LogP contribution in [0.5, 0.6) is 0 Å². The second-order valence-corrected chi connectivity index (χ2v) is 6.74. The number of benzene rings is 2. The molecular weight excluding hydrogens is 326 g/mol. The van der Waals surface area contributed by atoms with Gasteiger partial charge in [0.05, 0.1) is 6.04 Å². The fourth-order valence-corrected chi connectivity index (χ4v) is 3.43. The fourth-order valence-electron chi connectivity index (χ4n) is 3.43. The second kappa shape index (κ2) is 8.15. The third kappa shape index (κ3) is 4.11. The summed E-state index contributed by atoms with van der Waals surface area (Å²) >= 11 is 0. The van der Waals surface area contributed by atoms with Crippen LogP contribution in [-0.2, 0) is 4.74 Å². The van der Waals surface area contributed by atoms with Crippen molar-refractivity contribution in [2.75, 3.05) is 18.9 Å². The van der Waals surface area contributed by atoms with Crippen molar-refractivity contribution in [2.24, 2.45) is 5.92 Å². The SMILES string of the molecule is CC(=N)c1cc(C(=O)NC(c2ccccc2)C2CCOCC2)ccc1N. The van der Waals surface area contributed by atoms with Crippen LogP contribution in [0.4, 0.5) is 5.69 Å². The lowest BCUT2D eigenvalue weighted by Gasteiger charge is -2.31. The number of anilines is 1. The second-order valence-electron chi connectivity index (χ2n) is 6.74. The lowest BCUT2D eigenvalue weighted by atomic mass is 9.87. The summed E-state index contributed by atoms with van der Waals surface area (Å²) in [5.41, 5.74) is 9.00. The van der Waals surface area contributed by atoms with Gasteiger partial charge in [0, 0.05) is 35.7 Å². The molecule has 1 atom stereocenters. The molecule has 1 fully saturated rings. The molecule has 2 aromatic rings. The number of carbonyl (C=O) groups excluding carboxylic acids is 1. The van der Waals surface area contributed by atoms with E-state index in [-0.39, 0.29) is 11.9 Å². The van der Waals surface area contributed by atoms with Crippen molar-refractivity contribution >= 4 is 17.3 Å². The largest absolute Gasteiger partial charge is 0.398 e. The Morgan fingerprint density at radius 1 is 1.19 bits per heavy atom. The summed E-state index contributed by atoms with van der Waals surface area (Å²) in [7, 11) is 0. The molecule has 1 heterocycles. The molecule has 1 unspecified atom stereocenters. The Bertz CT molecular complexity index is 783. The lowest BCUT2D eigenvalue weighted by molar-refractivity contribution is 0.0514. The topological polar surface area (TPSA) is 88.2 Å². The molecule has 1 aliphatic heterocycles. The molecule has 26 heavy (non-hydrogen) atoms. The van der Waals surface area contributed by atoms with Gasteiger partial charge in [-0.05, 0) is 49.4 Å². The molecule has 0 saturated carbocycles. The molecule has 0 spiro atoms. The molecule has 4 N–H and O–H groups in total. The van der Waals surface area contributed by atoms with Gasteiger partial charge >= 0.3 is 0 Å². The van der Waals surface area contributed by atoms with E-state index in [1.165, 1.54) is 0 Å². The number of nitrogens with two attached hydrogens (primary N) is 1. The minimum Gasteiger partial charge on any atom is -0.398 e. The van der Waals surface area contributed by atoms with Crippen molar-refractivity contribution in [3.63, 3.8) is 0 Å². The quantitative estimate of drug-likeness (QED) is 0.568. The first-order valence-electron chi connectivity index (χ1n) is 8.95.